The Hall–Kier alpha value is -2.15. The van der Waals surface area contributed by atoms with E-state index in [9.17, 15) is 13.2 Å². The smallest absolute Gasteiger partial charge is 0.268 e. The second-order valence-corrected chi connectivity index (χ2v) is 7.28. The van der Waals surface area contributed by atoms with Crippen molar-refractivity contribution in [1.29, 1.82) is 0 Å². The number of H-pyrrole nitrogens is 1. The van der Waals surface area contributed by atoms with E-state index in [0.29, 0.717) is 22.6 Å². The second-order valence-electron chi connectivity index (χ2n) is 5.48. The van der Waals surface area contributed by atoms with E-state index in [1.807, 2.05) is 13.0 Å². The van der Waals surface area contributed by atoms with Crippen molar-refractivity contribution in [1.82, 2.24) is 10.2 Å². The van der Waals surface area contributed by atoms with Gasteiger partial charge in [-0.15, -0.1) is 0 Å². The standard InChI is InChI=1S/C15H17N3O3S/c1-9-5-4-6-12-13(19)7-8-18(14(9)12)22(20,21)15-10(2)16-17-11(15)3/h4-6H,7-8H2,1-3H3,(H,16,17). The zero-order valence-electron chi connectivity index (χ0n) is 12.7. The molecule has 7 heteroatoms. The van der Waals surface area contributed by atoms with Crippen LogP contribution in [0.4, 0.5) is 5.69 Å². The van der Waals surface area contributed by atoms with E-state index < -0.39 is 10.0 Å². The summed E-state index contributed by atoms with van der Waals surface area (Å²) in [7, 11) is -3.75. The Morgan fingerprint density at radius 1 is 1.23 bits per heavy atom. The van der Waals surface area contributed by atoms with Gasteiger partial charge in [-0.25, -0.2) is 8.42 Å². The maximum Gasteiger partial charge on any atom is 0.268 e. The average molecular weight is 319 g/mol. The molecule has 3 rings (SSSR count). The Morgan fingerprint density at radius 2 is 1.95 bits per heavy atom. The largest absolute Gasteiger partial charge is 0.294 e. The van der Waals surface area contributed by atoms with Crippen molar-refractivity contribution in [2.45, 2.75) is 32.1 Å². The summed E-state index contributed by atoms with van der Waals surface area (Å²) in [5.41, 5.74) is 2.66. The fourth-order valence-corrected chi connectivity index (χ4v) is 4.82. The summed E-state index contributed by atoms with van der Waals surface area (Å²) in [6.07, 6.45) is 0.186. The number of aryl methyl sites for hydroxylation is 3. The van der Waals surface area contributed by atoms with Crippen molar-refractivity contribution < 1.29 is 13.2 Å². The topological polar surface area (TPSA) is 83.1 Å². The predicted molar refractivity (Wildman–Crippen MR) is 82.7 cm³/mol. The average Bonchev–Trinajstić information content (AvgIpc) is 2.80. The van der Waals surface area contributed by atoms with Crippen LogP contribution in [0, 0.1) is 20.8 Å². The molecule has 0 spiro atoms. The third-order valence-electron chi connectivity index (χ3n) is 3.94. The number of fused-ring (bicyclic) bond motifs is 1. The van der Waals surface area contributed by atoms with E-state index >= 15 is 0 Å². The molecule has 1 aliphatic heterocycles. The van der Waals surface area contributed by atoms with Crippen molar-refractivity contribution in [3.05, 3.63) is 40.7 Å². The molecule has 0 amide bonds. The lowest BCUT2D eigenvalue weighted by molar-refractivity contribution is 0.0982. The molecule has 116 valence electrons. The highest BCUT2D eigenvalue weighted by atomic mass is 32.2. The van der Waals surface area contributed by atoms with Crippen LogP contribution in [0.1, 0.15) is 33.7 Å². The number of carbonyl (C=O) groups excluding carboxylic acids is 1. The molecule has 2 aromatic rings. The minimum Gasteiger partial charge on any atom is -0.294 e. The number of aromatic nitrogens is 2. The van der Waals surface area contributed by atoms with Crippen LogP contribution in [0.25, 0.3) is 0 Å². The first-order chi connectivity index (χ1) is 10.3. The Labute approximate surface area is 129 Å². The van der Waals surface area contributed by atoms with Gasteiger partial charge in [0.1, 0.15) is 4.90 Å². The number of nitrogens with zero attached hydrogens (tertiary/aromatic N) is 2. The maximum atomic E-state index is 13.1. The highest BCUT2D eigenvalue weighted by Gasteiger charge is 2.35. The van der Waals surface area contributed by atoms with E-state index in [4.69, 9.17) is 0 Å². The number of aromatic amines is 1. The summed E-state index contributed by atoms with van der Waals surface area (Å²) < 4.78 is 27.5. The molecule has 0 unspecified atom stereocenters. The van der Waals surface area contributed by atoms with Crippen molar-refractivity contribution in [3.8, 4) is 0 Å². The van der Waals surface area contributed by atoms with E-state index in [2.05, 4.69) is 10.2 Å². The number of para-hydroxylation sites is 1. The third kappa shape index (κ3) is 2.04. The van der Waals surface area contributed by atoms with Crippen LogP contribution in [0.5, 0.6) is 0 Å². The Bertz CT molecular complexity index is 849. The number of anilines is 1. The highest BCUT2D eigenvalue weighted by Crippen LogP contribution is 2.35. The van der Waals surface area contributed by atoms with Gasteiger partial charge < -0.3 is 0 Å². The molecule has 1 N–H and O–H groups in total. The van der Waals surface area contributed by atoms with Gasteiger partial charge in [0.25, 0.3) is 10.0 Å². The van der Waals surface area contributed by atoms with Crippen molar-refractivity contribution >= 4 is 21.5 Å². The first kappa shape index (κ1) is 14.8. The minimum atomic E-state index is -3.75. The van der Waals surface area contributed by atoms with Crippen LogP contribution in [-0.4, -0.2) is 30.9 Å². The molecular weight excluding hydrogens is 302 g/mol. The highest BCUT2D eigenvalue weighted by molar-refractivity contribution is 7.93. The Morgan fingerprint density at radius 3 is 2.59 bits per heavy atom. The number of sulfonamides is 1. The first-order valence-electron chi connectivity index (χ1n) is 7.01. The second kappa shape index (κ2) is 4.95. The van der Waals surface area contributed by atoms with Crippen LogP contribution >= 0.6 is 0 Å². The fourth-order valence-electron chi connectivity index (χ4n) is 2.94. The lowest BCUT2D eigenvalue weighted by atomic mass is 9.99. The van der Waals surface area contributed by atoms with E-state index in [-0.39, 0.29) is 23.6 Å². The van der Waals surface area contributed by atoms with Crippen molar-refractivity contribution in [3.63, 3.8) is 0 Å². The first-order valence-corrected chi connectivity index (χ1v) is 8.45. The SMILES string of the molecule is Cc1cccc2c1N(S(=O)(=O)c1c(C)n[nH]c1C)CCC2=O. The van der Waals surface area contributed by atoms with E-state index in [1.54, 1.807) is 26.0 Å². The molecule has 0 atom stereocenters. The normalized spacial score (nSPS) is 15.0. The maximum absolute atomic E-state index is 13.1. The minimum absolute atomic E-state index is 0.0224. The van der Waals surface area contributed by atoms with E-state index in [0.717, 1.165) is 5.56 Å². The monoisotopic (exact) mass is 319 g/mol. The number of carbonyl (C=O) groups is 1. The van der Waals surface area contributed by atoms with Crippen LogP contribution in [-0.2, 0) is 10.0 Å². The summed E-state index contributed by atoms with van der Waals surface area (Å²) in [5.74, 6) is -0.0224. The summed E-state index contributed by atoms with van der Waals surface area (Å²) in [6, 6.07) is 5.27. The number of Topliss-reactive ketones (excluding diaryl/α,β-unsaturated/α-hetero) is 1. The molecule has 2 heterocycles. The number of ketones is 1. The van der Waals surface area contributed by atoms with Gasteiger partial charge in [0, 0.05) is 18.5 Å². The van der Waals surface area contributed by atoms with Crippen LogP contribution in [0.2, 0.25) is 0 Å². The van der Waals surface area contributed by atoms with Crippen molar-refractivity contribution in [2.24, 2.45) is 0 Å². The molecule has 0 saturated carbocycles. The Balaban J connectivity index is 2.23. The zero-order valence-corrected chi connectivity index (χ0v) is 13.5. The number of hydrogen-bond acceptors (Lipinski definition) is 4. The van der Waals surface area contributed by atoms with E-state index in [1.165, 1.54) is 4.31 Å². The molecule has 1 aromatic heterocycles. The number of nitrogens with one attached hydrogen (secondary N) is 1. The molecule has 0 saturated heterocycles. The molecule has 0 aliphatic carbocycles. The van der Waals surface area contributed by atoms with Gasteiger partial charge in [-0.05, 0) is 32.4 Å². The van der Waals surface area contributed by atoms with Gasteiger partial charge in [0.2, 0.25) is 0 Å². The number of benzene rings is 1. The lowest BCUT2D eigenvalue weighted by Gasteiger charge is -2.31. The Kier molecular flexibility index (Phi) is 3.32. The van der Waals surface area contributed by atoms with Gasteiger partial charge in [0.15, 0.2) is 5.78 Å². The lowest BCUT2D eigenvalue weighted by Crippen LogP contribution is -2.38. The number of rotatable bonds is 2. The molecule has 1 aliphatic rings. The zero-order chi connectivity index (χ0) is 16.1. The molecule has 0 radical (unpaired) electrons. The van der Waals surface area contributed by atoms with Crippen LogP contribution in [0.3, 0.4) is 0 Å². The van der Waals surface area contributed by atoms with Gasteiger partial charge in [-0.1, -0.05) is 12.1 Å². The van der Waals surface area contributed by atoms with Gasteiger partial charge in [-0.3, -0.25) is 14.2 Å². The summed E-state index contributed by atoms with van der Waals surface area (Å²) in [5, 5.41) is 6.68. The fraction of sp³-hybridized carbons (Fsp3) is 0.333. The summed E-state index contributed by atoms with van der Waals surface area (Å²) in [6.45, 7) is 5.31. The quantitative estimate of drug-likeness (QED) is 0.919. The molecular formula is C15H17N3O3S. The summed E-state index contributed by atoms with van der Waals surface area (Å²) >= 11 is 0. The predicted octanol–water partition coefficient (Wildman–Crippen LogP) is 2.12. The van der Waals surface area contributed by atoms with Crippen LogP contribution in [0.15, 0.2) is 23.1 Å². The van der Waals surface area contributed by atoms with Gasteiger partial charge in [0.05, 0.1) is 17.1 Å². The molecule has 1 aromatic carbocycles. The molecule has 0 bridgehead atoms. The van der Waals surface area contributed by atoms with Crippen molar-refractivity contribution in [2.75, 3.05) is 10.8 Å². The molecule has 0 fully saturated rings. The van der Waals surface area contributed by atoms with Gasteiger partial charge >= 0.3 is 0 Å². The molecule has 22 heavy (non-hydrogen) atoms. The number of hydrogen-bond donors (Lipinski definition) is 1. The summed E-state index contributed by atoms with van der Waals surface area (Å²) in [4.78, 5) is 12.3. The third-order valence-corrected chi connectivity index (χ3v) is 6.00. The van der Waals surface area contributed by atoms with Crippen LogP contribution < -0.4 is 4.31 Å². The molecule has 6 nitrogen and oxygen atoms in total. The van der Waals surface area contributed by atoms with Gasteiger partial charge in [-0.2, -0.15) is 5.10 Å².